The number of rotatable bonds is 5. The predicted octanol–water partition coefficient (Wildman–Crippen LogP) is 3.46. The Hall–Kier alpha value is -3.02. The molecular weight excluding hydrogens is 314 g/mol. The molecule has 0 bridgehead atoms. The lowest BCUT2D eigenvalue weighted by Crippen LogP contribution is -2.41. The van der Waals surface area contributed by atoms with Gasteiger partial charge in [-0.15, -0.1) is 0 Å². The summed E-state index contributed by atoms with van der Waals surface area (Å²) in [6.45, 7) is 3.84. The van der Waals surface area contributed by atoms with E-state index in [1.165, 1.54) is 12.8 Å². The number of carbonyl (C=O) groups excluding carboxylic acids is 1. The van der Waals surface area contributed by atoms with Crippen LogP contribution in [0.25, 0.3) is 11.1 Å². The number of hydrogen-bond donors (Lipinski definition) is 4. The fourth-order valence-corrected chi connectivity index (χ4v) is 3.01. The van der Waals surface area contributed by atoms with Crippen LogP contribution in [0.3, 0.4) is 0 Å². The molecule has 1 saturated carbocycles. The molecule has 5 N–H and O–H groups in total. The van der Waals surface area contributed by atoms with Crippen LogP contribution in [0.1, 0.15) is 25.7 Å². The minimum atomic E-state index is -0.241. The second-order valence-corrected chi connectivity index (χ2v) is 6.23. The minimum Gasteiger partial charge on any atom is -0.397 e. The summed E-state index contributed by atoms with van der Waals surface area (Å²) in [5, 5.41) is 8.70. The Bertz CT molecular complexity index is 754. The third kappa shape index (κ3) is 4.50. The second-order valence-electron chi connectivity index (χ2n) is 6.23. The highest BCUT2D eigenvalue weighted by Gasteiger charge is 2.17. The third-order valence-corrected chi connectivity index (χ3v) is 4.29. The van der Waals surface area contributed by atoms with Crippen molar-refractivity contribution in [2.45, 2.75) is 31.7 Å². The van der Waals surface area contributed by atoms with Crippen LogP contribution in [0.5, 0.6) is 0 Å². The highest BCUT2D eigenvalue weighted by Crippen LogP contribution is 2.27. The molecule has 2 amide bonds. The number of anilines is 2. The first-order valence-corrected chi connectivity index (χ1v) is 8.45. The SMILES string of the molecule is C=C(NC(=O)NC1CCCC1)Nc1ccc(-c2cccnc2)cc1N. The van der Waals surface area contributed by atoms with Gasteiger partial charge in [-0.25, -0.2) is 4.79 Å². The Morgan fingerprint density at radius 3 is 2.68 bits per heavy atom. The molecule has 0 saturated heterocycles. The van der Waals surface area contributed by atoms with Crippen LogP contribution in [0.2, 0.25) is 0 Å². The zero-order valence-electron chi connectivity index (χ0n) is 14.1. The van der Waals surface area contributed by atoms with Crippen LogP contribution in [-0.4, -0.2) is 17.1 Å². The number of nitrogens with two attached hydrogens (primary N) is 1. The Morgan fingerprint density at radius 1 is 1.20 bits per heavy atom. The highest BCUT2D eigenvalue weighted by molar-refractivity contribution is 5.79. The smallest absolute Gasteiger partial charge is 0.320 e. The van der Waals surface area contributed by atoms with E-state index in [0.717, 1.165) is 24.0 Å². The van der Waals surface area contributed by atoms with Crippen LogP contribution in [-0.2, 0) is 0 Å². The van der Waals surface area contributed by atoms with E-state index in [1.54, 1.807) is 12.4 Å². The zero-order valence-corrected chi connectivity index (χ0v) is 14.1. The molecule has 0 spiro atoms. The Morgan fingerprint density at radius 2 is 2.00 bits per heavy atom. The topological polar surface area (TPSA) is 92.1 Å². The van der Waals surface area contributed by atoms with Gasteiger partial charge in [0.05, 0.1) is 11.4 Å². The number of nitrogens with one attached hydrogen (secondary N) is 3. The van der Waals surface area contributed by atoms with Crippen molar-refractivity contribution in [2.75, 3.05) is 11.1 Å². The summed E-state index contributed by atoms with van der Waals surface area (Å²) in [4.78, 5) is 16.1. The van der Waals surface area contributed by atoms with E-state index in [0.29, 0.717) is 17.2 Å². The molecule has 1 aliphatic carbocycles. The molecule has 1 aromatic heterocycles. The molecule has 6 heteroatoms. The fraction of sp³-hybridized carbons (Fsp3) is 0.263. The van der Waals surface area contributed by atoms with Gasteiger partial charge in [0.15, 0.2) is 0 Å². The molecular formula is C19H23N5O. The summed E-state index contributed by atoms with van der Waals surface area (Å²) >= 11 is 0. The molecule has 6 nitrogen and oxygen atoms in total. The van der Waals surface area contributed by atoms with Crippen LogP contribution in [0.4, 0.5) is 16.2 Å². The number of carbonyl (C=O) groups is 1. The number of amides is 2. The van der Waals surface area contributed by atoms with Gasteiger partial charge >= 0.3 is 6.03 Å². The lowest BCUT2D eigenvalue weighted by atomic mass is 10.1. The maximum Gasteiger partial charge on any atom is 0.320 e. The van der Waals surface area contributed by atoms with E-state index in [2.05, 4.69) is 27.5 Å². The molecule has 1 heterocycles. The molecule has 2 aromatic rings. The molecule has 0 radical (unpaired) electrons. The standard InChI is InChI=1S/C19H23N5O/c1-13(23-19(25)24-16-6-2-3-7-16)22-18-9-8-14(11-17(18)20)15-5-4-10-21-12-15/h4-5,8-12,16,22H,1-3,6-7,20H2,(H2,23,24,25). The number of benzene rings is 1. The fourth-order valence-electron chi connectivity index (χ4n) is 3.01. The lowest BCUT2D eigenvalue weighted by Gasteiger charge is -2.16. The minimum absolute atomic E-state index is 0.241. The first-order chi connectivity index (χ1) is 12.1. The van der Waals surface area contributed by atoms with Crippen molar-refractivity contribution in [3.8, 4) is 11.1 Å². The van der Waals surface area contributed by atoms with Crippen molar-refractivity contribution in [1.82, 2.24) is 15.6 Å². The van der Waals surface area contributed by atoms with Crippen molar-refractivity contribution in [1.29, 1.82) is 0 Å². The number of urea groups is 1. The molecule has 0 aliphatic heterocycles. The van der Waals surface area contributed by atoms with E-state index in [9.17, 15) is 4.79 Å². The second kappa shape index (κ2) is 7.70. The first kappa shape index (κ1) is 16.8. The maximum absolute atomic E-state index is 12.0. The van der Waals surface area contributed by atoms with Gasteiger partial charge in [0.2, 0.25) is 0 Å². The van der Waals surface area contributed by atoms with E-state index >= 15 is 0 Å². The van der Waals surface area contributed by atoms with E-state index < -0.39 is 0 Å². The third-order valence-electron chi connectivity index (χ3n) is 4.29. The van der Waals surface area contributed by atoms with Crippen LogP contribution >= 0.6 is 0 Å². The Labute approximate surface area is 147 Å². The van der Waals surface area contributed by atoms with Crippen molar-refractivity contribution in [3.05, 3.63) is 55.1 Å². The Kier molecular flexibility index (Phi) is 5.18. The van der Waals surface area contributed by atoms with Gasteiger partial charge in [-0.1, -0.05) is 31.6 Å². The van der Waals surface area contributed by atoms with E-state index in [-0.39, 0.29) is 12.1 Å². The van der Waals surface area contributed by atoms with Crippen molar-refractivity contribution in [3.63, 3.8) is 0 Å². The normalized spacial score (nSPS) is 14.1. The largest absolute Gasteiger partial charge is 0.397 e. The summed E-state index contributed by atoms with van der Waals surface area (Å²) in [6, 6.07) is 9.55. The average Bonchev–Trinajstić information content (AvgIpc) is 3.10. The molecule has 130 valence electrons. The van der Waals surface area contributed by atoms with Crippen molar-refractivity contribution < 1.29 is 4.79 Å². The summed E-state index contributed by atoms with van der Waals surface area (Å²) in [5.41, 5.74) is 9.36. The summed E-state index contributed by atoms with van der Waals surface area (Å²) < 4.78 is 0. The van der Waals surface area contributed by atoms with Gasteiger partial charge in [0, 0.05) is 24.0 Å². The van der Waals surface area contributed by atoms with E-state index in [4.69, 9.17) is 5.73 Å². The summed E-state index contributed by atoms with van der Waals surface area (Å²) in [6.07, 6.45) is 7.94. The van der Waals surface area contributed by atoms with Crippen LogP contribution < -0.4 is 21.7 Å². The molecule has 0 atom stereocenters. The van der Waals surface area contributed by atoms with Gasteiger partial charge in [-0.3, -0.25) is 10.3 Å². The zero-order chi connectivity index (χ0) is 17.6. The van der Waals surface area contributed by atoms with Gasteiger partial charge in [0.25, 0.3) is 0 Å². The number of aromatic nitrogens is 1. The number of nitrogens with zero attached hydrogens (tertiary/aromatic N) is 1. The molecule has 1 aliphatic rings. The average molecular weight is 337 g/mol. The van der Waals surface area contributed by atoms with Gasteiger partial charge in [0.1, 0.15) is 5.82 Å². The highest BCUT2D eigenvalue weighted by atomic mass is 16.2. The monoisotopic (exact) mass is 337 g/mol. The van der Waals surface area contributed by atoms with Crippen LogP contribution in [0, 0.1) is 0 Å². The Balaban J connectivity index is 1.58. The lowest BCUT2D eigenvalue weighted by molar-refractivity contribution is 0.239. The van der Waals surface area contributed by atoms with Crippen molar-refractivity contribution >= 4 is 17.4 Å². The number of hydrogen-bond acceptors (Lipinski definition) is 4. The summed E-state index contributed by atoms with van der Waals surface area (Å²) in [7, 11) is 0. The molecule has 1 fully saturated rings. The quantitative estimate of drug-likeness (QED) is 0.629. The van der Waals surface area contributed by atoms with Gasteiger partial charge < -0.3 is 16.4 Å². The van der Waals surface area contributed by atoms with Gasteiger partial charge in [-0.05, 0) is 36.6 Å². The predicted molar refractivity (Wildman–Crippen MR) is 101 cm³/mol. The molecule has 1 aromatic carbocycles. The molecule has 0 unspecified atom stereocenters. The van der Waals surface area contributed by atoms with Crippen LogP contribution in [0.15, 0.2) is 55.1 Å². The number of nitrogen functional groups attached to an aromatic ring is 1. The summed E-state index contributed by atoms with van der Waals surface area (Å²) in [5.74, 6) is 0.385. The van der Waals surface area contributed by atoms with Crippen molar-refractivity contribution in [2.24, 2.45) is 0 Å². The first-order valence-electron chi connectivity index (χ1n) is 8.45. The number of pyridine rings is 1. The van der Waals surface area contributed by atoms with Gasteiger partial charge in [-0.2, -0.15) is 0 Å². The molecule has 25 heavy (non-hydrogen) atoms. The maximum atomic E-state index is 12.0. The molecule has 3 rings (SSSR count). The van der Waals surface area contributed by atoms with E-state index in [1.807, 2.05) is 30.3 Å².